The van der Waals surface area contributed by atoms with Crippen LogP contribution in [-0.4, -0.2) is 15.9 Å². The molecule has 0 unspecified atom stereocenters. The number of hydrogen-bond donors (Lipinski definition) is 2. The molecule has 64 valence electrons. The zero-order valence-corrected chi connectivity index (χ0v) is 6.47. The maximum Gasteiger partial charge on any atom is 0.219 e. The second-order valence-electron chi connectivity index (χ2n) is 2.41. The zero-order valence-electron chi connectivity index (χ0n) is 6.47. The van der Waals surface area contributed by atoms with Crippen LogP contribution in [0, 0.1) is 0 Å². The molecule has 5 nitrogen and oxygen atoms in total. The van der Waals surface area contributed by atoms with Crippen LogP contribution >= 0.6 is 0 Å². The molecule has 0 radical (unpaired) electrons. The van der Waals surface area contributed by atoms with Gasteiger partial charge in [-0.05, 0) is 0 Å². The van der Waals surface area contributed by atoms with E-state index in [4.69, 9.17) is 11.5 Å². The largest absolute Gasteiger partial charge is 0.370 e. The molecule has 1 heterocycles. The fraction of sp³-hybridized carbons (Fsp3) is 0.286. The molecule has 0 fully saturated rings. The van der Waals surface area contributed by atoms with Gasteiger partial charge in [-0.25, -0.2) is 0 Å². The van der Waals surface area contributed by atoms with E-state index < -0.39 is 11.9 Å². The number of primary amides is 1. The predicted octanol–water partition coefficient (Wildman–Crippen LogP) is -0.648. The highest BCUT2D eigenvalue weighted by Gasteiger charge is 2.09. The lowest BCUT2D eigenvalue weighted by Gasteiger charge is -2.06. The number of aromatic nitrogens is 2. The van der Waals surface area contributed by atoms with Gasteiger partial charge in [-0.2, -0.15) is 0 Å². The quantitative estimate of drug-likeness (QED) is 0.623. The van der Waals surface area contributed by atoms with E-state index in [0.717, 1.165) is 0 Å². The molecular formula is C7H10N4O. The first kappa shape index (κ1) is 8.61. The molecule has 0 spiro atoms. The van der Waals surface area contributed by atoms with Gasteiger partial charge in [0.2, 0.25) is 5.91 Å². The lowest BCUT2D eigenvalue weighted by molar-refractivity contribution is -0.118. The van der Waals surface area contributed by atoms with Gasteiger partial charge in [0.1, 0.15) is 0 Å². The van der Waals surface area contributed by atoms with E-state index in [1.807, 2.05) is 0 Å². The van der Waals surface area contributed by atoms with Gasteiger partial charge in [0.25, 0.3) is 0 Å². The highest BCUT2D eigenvalue weighted by Crippen LogP contribution is 2.07. The van der Waals surface area contributed by atoms with Gasteiger partial charge >= 0.3 is 0 Å². The van der Waals surface area contributed by atoms with Gasteiger partial charge in [-0.1, -0.05) is 0 Å². The smallest absolute Gasteiger partial charge is 0.219 e. The standard InChI is InChI=1S/C7H10N4O/c8-5(3-7(9)12)6-4-10-1-2-11-6/h1-2,4-5H,3,8H2,(H2,9,12)/t5-/m0/s1. The minimum absolute atomic E-state index is 0.0959. The third-order valence-corrected chi connectivity index (χ3v) is 1.38. The molecular weight excluding hydrogens is 156 g/mol. The zero-order chi connectivity index (χ0) is 8.97. The Kier molecular flexibility index (Phi) is 2.71. The van der Waals surface area contributed by atoms with E-state index >= 15 is 0 Å². The van der Waals surface area contributed by atoms with E-state index in [1.165, 1.54) is 12.4 Å². The topological polar surface area (TPSA) is 94.9 Å². The molecule has 5 heteroatoms. The number of carbonyl (C=O) groups excluding carboxylic acids is 1. The van der Waals surface area contributed by atoms with Crippen molar-refractivity contribution in [2.24, 2.45) is 11.5 Å². The van der Waals surface area contributed by atoms with Crippen LogP contribution in [-0.2, 0) is 4.79 Å². The van der Waals surface area contributed by atoms with Crippen molar-refractivity contribution in [2.45, 2.75) is 12.5 Å². The summed E-state index contributed by atoms with van der Waals surface area (Å²) in [6.07, 6.45) is 4.68. The summed E-state index contributed by atoms with van der Waals surface area (Å²) >= 11 is 0. The molecule has 1 rings (SSSR count). The highest BCUT2D eigenvalue weighted by atomic mass is 16.1. The Morgan fingerprint density at radius 1 is 1.58 bits per heavy atom. The Morgan fingerprint density at radius 3 is 2.83 bits per heavy atom. The van der Waals surface area contributed by atoms with Crippen LogP contribution in [0.3, 0.4) is 0 Å². The van der Waals surface area contributed by atoms with Crippen LogP contribution in [0.5, 0.6) is 0 Å². The lowest BCUT2D eigenvalue weighted by Crippen LogP contribution is -2.21. The monoisotopic (exact) mass is 166 g/mol. The highest BCUT2D eigenvalue weighted by molar-refractivity contribution is 5.74. The van der Waals surface area contributed by atoms with Gasteiger partial charge in [0.15, 0.2) is 0 Å². The summed E-state index contributed by atoms with van der Waals surface area (Å²) in [7, 11) is 0. The fourth-order valence-electron chi connectivity index (χ4n) is 0.823. The molecule has 0 saturated heterocycles. The molecule has 0 aliphatic heterocycles. The minimum atomic E-state index is -0.448. The molecule has 1 amide bonds. The summed E-state index contributed by atoms with van der Waals surface area (Å²) in [6.45, 7) is 0. The number of nitrogens with zero attached hydrogens (tertiary/aromatic N) is 2. The van der Waals surface area contributed by atoms with Crippen LogP contribution in [0.25, 0.3) is 0 Å². The molecule has 0 aliphatic carbocycles. The summed E-state index contributed by atoms with van der Waals surface area (Å²) < 4.78 is 0. The number of amides is 1. The maximum absolute atomic E-state index is 10.5. The first-order valence-corrected chi connectivity index (χ1v) is 3.50. The Bertz CT molecular complexity index is 261. The first-order valence-electron chi connectivity index (χ1n) is 3.50. The third-order valence-electron chi connectivity index (χ3n) is 1.38. The van der Waals surface area contributed by atoms with E-state index in [2.05, 4.69) is 9.97 Å². The first-order chi connectivity index (χ1) is 5.70. The van der Waals surface area contributed by atoms with Gasteiger partial charge in [0.05, 0.1) is 11.7 Å². The summed E-state index contributed by atoms with van der Waals surface area (Å²) in [5.74, 6) is -0.437. The van der Waals surface area contributed by atoms with E-state index in [-0.39, 0.29) is 6.42 Å². The summed E-state index contributed by atoms with van der Waals surface area (Å²) in [5.41, 5.74) is 11.1. The van der Waals surface area contributed by atoms with Crippen LogP contribution in [0.1, 0.15) is 18.2 Å². The molecule has 1 aromatic rings. The van der Waals surface area contributed by atoms with Crippen molar-refractivity contribution in [3.05, 3.63) is 24.3 Å². The van der Waals surface area contributed by atoms with E-state index in [1.54, 1.807) is 6.20 Å². The molecule has 1 atom stereocenters. The lowest BCUT2D eigenvalue weighted by atomic mass is 10.1. The Labute approximate surface area is 69.8 Å². The molecule has 0 saturated carbocycles. The van der Waals surface area contributed by atoms with Crippen molar-refractivity contribution in [1.82, 2.24) is 9.97 Å². The fourth-order valence-corrected chi connectivity index (χ4v) is 0.823. The average molecular weight is 166 g/mol. The normalized spacial score (nSPS) is 12.4. The van der Waals surface area contributed by atoms with Crippen molar-refractivity contribution >= 4 is 5.91 Å². The number of nitrogens with two attached hydrogens (primary N) is 2. The Morgan fingerprint density at radius 2 is 2.33 bits per heavy atom. The third kappa shape index (κ3) is 2.28. The average Bonchev–Trinajstić information content (AvgIpc) is 2.05. The van der Waals surface area contributed by atoms with E-state index in [9.17, 15) is 4.79 Å². The summed E-state index contributed by atoms with van der Waals surface area (Å²) in [4.78, 5) is 18.2. The summed E-state index contributed by atoms with van der Waals surface area (Å²) in [5, 5.41) is 0. The molecule has 12 heavy (non-hydrogen) atoms. The molecule has 0 aliphatic rings. The molecule has 1 aromatic heterocycles. The molecule has 0 aromatic carbocycles. The van der Waals surface area contributed by atoms with Crippen molar-refractivity contribution < 1.29 is 4.79 Å². The predicted molar refractivity (Wildman–Crippen MR) is 42.8 cm³/mol. The van der Waals surface area contributed by atoms with E-state index in [0.29, 0.717) is 5.69 Å². The van der Waals surface area contributed by atoms with Crippen molar-refractivity contribution in [3.63, 3.8) is 0 Å². The number of rotatable bonds is 3. The van der Waals surface area contributed by atoms with Crippen molar-refractivity contribution in [1.29, 1.82) is 0 Å². The van der Waals surface area contributed by atoms with Gasteiger partial charge in [0, 0.05) is 25.0 Å². The minimum Gasteiger partial charge on any atom is -0.370 e. The number of carbonyl (C=O) groups is 1. The van der Waals surface area contributed by atoms with Gasteiger partial charge in [-0.3, -0.25) is 14.8 Å². The second-order valence-corrected chi connectivity index (χ2v) is 2.41. The SMILES string of the molecule is NC(=O)C[C@H](N)c1cnccn1. The maximum atomic E-state index is 10.5. The van der Waals surface area contributed by atoms with Crippen LogP contribution in [0.15, 0.2) is 18.6 Å². The van der Waals surface area contributed by atoms with Crippen LogP contribution in [0.2, 0.25) is 0 Å². The summed E-state index contributed by atoms with van der Waals surface area (Å²) in [6, 6.07) is -0.448. The van der Waals surface area contributed by atoms with Gasteiger partial charge < -0.3 is 11.5 Å². The van der Waals surface area contributed by atoms with Crippen LogP contribution in [0.4, 0.5) is 0 Å². The Hall–Kier alpha value is -1.49. The van der Waals surface area contributed by atoms with Crippen molar-refractivity contribution in [2.75, 3.05) is 0 Å². The number of hydrogen-bond acceptors (Lipinski definition) is 4. The molecule has 0 bridgehead atoms. The second kappa shape index (κ2) is 3.77. The van der Waals surface area contributed by atoms with Gasteiger partial charge in [-0.15, -0.1) is 0 Å². The van der Waals surface area contributed by atoms with Crippen LogP contribution < -0.4 is 11.5 Å². The molecule has 4 N–H and O–H groups in total. The Balaban J connectivity index is 2.65. The van der Waals surface area contributed by atoms with Crippen molar-refractivity contribution in [3.8, 4) is 0 Å².